The molecule has 16 heavy (non-hydrogen) atoms. The summed E-state index contributed by atoms with van der Waals surface area (Å²) in [6, 6.07) is 0.0974. The first-order chi connectivity index (χ1) is 7.58. The summed E-state index contributed by atoms with van der Waals surface area (Å²) in [6.07, 6.45) is -0.256. The van der Waals surface area contributed by atoms with E-state index in [4.69, 9.17) is 4.74 Å². The van der Waals surface area contributed by atoms with Gasteiger partial charge in [0.2, 0.25) is 0 Å². The molecule has 2 fully saturated rings. The van der Waals surface area contributed by atoms with Crippen LogP contribution in [0.15, 0.2) is 0 Å². The van der Waals surface area contributed by atoms with Gasteiger partial charge in [-0.1, -0.05) is 0 Å². The Morgan fingerprint density at radius 1 is 1.50 bits per heavy atom. The third-order valence-corrected chi connectivity index (χ3v) is 2.82. The summed E-state index contributed by atoms with van der Waals surface area (Å²) in [5.41, 5.74) is 0. The highest BCUT2D eigenvalue weighted by atomic mass is 16.6. The number of hydrogen-bond acceptors (Lipinski definition) is 3. The molecule has 0 bridgehead atoms. The number of hydrogen-bond donors (Lipinski definition) is 1. The zero-order valence-electron chi connectivity index (χ0n) is 9.60. The van der Waals surface area contributed by atoms with E-state index in [9.17, 15) is 9.59 Å². The summed E-state index contributed by atoms with van der Waals surface area (Å²) in [5.74, 6) is 0. The number of ether oxygens (including phenoxy) is 1. The van der Waals surface area contributed by atoms with Gasteiger partial charge in [0.05, 0.1) is 6.04 Å². The lowest BCUT2D eigenvalue weighted by Crippen LogP contribution is -2.56. The highest BCUT2D eigenvalue weighted by molar-refractivity contribution is 5.76. The van der Waals surface area contributed by atoms with Gasteiger partial charge >= 0.3 is 12.1 Å². The minimum Gasteiger partial charge on any atom is -0.447 e. The van der Waals surface area contributed by atoms with Crippen molar-refractivity contribution in [2.75, 3.05) is 26.2 Å². The maximum absolute atomic E-state index is 11.7. The number of piperazine rings is 1. The molecule has 6 nitrogen and oxygen atoms in total. The van der Waals surface area contributed by atoms with Crippen molar-refractivity contribution < 1.29 is 14.3 Å². The average Bonchev–Trinajstić information content (AvgIpc) is 2.59. The van der Waals surface area contributed by atoms with Crippen molar-refractivity contribution in [2.24, 2.45) is 0 Å². The van der Waals surface area contributed by atoms with Gasteiger partial charge in [-0.3, -0.25) is 4.90 Å². The van der Waals surface area contributed by atoms with Gasteiger partial charge in [0, 0.05) is 25.7 Å². The molecule has 90 valence electrons. The molecule has 0 aromatic heterocycles. The number of urea groups is 1. The van der Waals surface area contributed by atoms with Gasteiger partial charge in [0.25, 0.3) is 0 Å². The van der Waals surface area contributed by atoms with Crippen LogP contribution in [-0.2, 0) is 4.74 Å². The summed E-state index contributed by atoms with van der Waals surface area (Å²) in [7, 11) is 0. The number of cyclic esters (lactones) is 1. The fourth-order valence-corrected chi connectivity index (χ4v) is 2.01. The van der Waals surface area contributed by atoms with Crippen LogP contribution in [0.5, 0.6) is 0 Å². The topological polar surface area (TPSA) is 61.9 Å². The van der Waals surface area contributed by atoms with Crippen molar-refractivity contribution in [3.05, 3.63) is 0 Å². The largest absolute Gasteiger partial charge is 0.447 e. The number of amides is 3. The number of nitrogens with one attached hydrogen (secondary N) is 1. The molecule has 0 spiro atoms. The Morgan fingerprint density at radius 2 is 2.25 bits per heavy atom. The van der Waals surface area contributed by atoms with Crippen molar-refractivity contribution in [1.29, 1.82) is 0 Å². The molecular weight excluding hydrogens is 210 g/mol. The van der Waals surface area contributed by atoms with Crippen molar-refractivity contribution in [3.8, 4) is 0 Å². The molecule has 2 saturated heterocycles. The standard InChI is InChI=1S/C10H17N3O3/c1-7(2)11-9(14)12-3-4-13-8(5-12)6-16-10(13)15/h7-8H,3-6H2,1-2H3,(H,11,14)/t8-/m0/s1. The van der Waals surface area contributed by atoms with E-state index in [1.54, 1.807) is 9.80 Å². The van der Waals surface area contributed by atoms with Gasteiger partial charge in [-0.05, 0) is 13.8 Å². The third kappa shape index (κ3) is 2.05. The second-order valence-electron chi connectivity index (χ2n) is 4.47. The Bertz CT molecular complexity index is 306. The van der Waals surface area contributed by atoms with E-state index in [0.717, 1.165) is 0 Å². The monoisotopic (exact) mass is 227 g/mol. The van der Waals surface area contributed by atoms with E-state index < -0.39 is 0 Å². The zero-order valence-corrected chi connectivity index (χ0v) is 9.60. The van der Waals surface area contributed by atoms with Crippen LogP contribution in [0.25, 0.3) is 0 Å². The second kappa shape index (κ2) is 4.19. The number of carbonyl (C=O) groups is 2. The molecule has 0 radical (unpaired) electrons. The summed E-state index contributed by atoms with van der Waals surface area (Å²) in [6.45, 7) is 5.94. The molecule has 0 unspecified atom stereocenters. The smallest absolute Gasteiger partial charge is 0.410 e. The zero-order chi connectivity index (χ0) is 11.7. The predicted octanol–water partition coefficient (Wildman–Crippen LogP) is 0.241. The van der Waals surface area contributed by atoms with Crippen LogP contribution in [0.3, 0.4) is 0 Å². The van der Waals surface area contributed by atoms with Crippen LogP contribution < -0.4 is 5.32 Å². The minimum absolute atomic E-state index is 0.0270. The first-order valence-electron chi connectivity index (χ1n) is 5.57. The van der Waals surface area contributed by atoms with E-state index in [2.05, 4.69) is 5.32 Å². The van der Waals surface area contributed by atoms with Crippen LogP contribution in [0, 0.1) is 0 Å². The van der Waals surface area contributed by atoms with Crippen LogP contribution in [0.4, 0.5) is 9.59 Å². The molecule has 6 heteroatoms. The van der Waals surface area contributed by atoms with E-state index in [1.165, 1.54) is 0 Å². The van der Waals surface area contributed by atoms with Gasteiger partial charge in [-0.2, -0.15) is 0 Å². The molecule has 0 saturated carbocycles. The van der Waals surface area contributed by atoms with Crippen molar-refractivity contribution in [2.45, 2.75) is 25.9 Å². The summed E-state index contributed by atoms with van der Waals surface area (Å²) in [4.78, 5) is 26.4. The molecule has 2 heterocycles. The normalized spacial score (nSPS) is 24.4. The highest BCUT2D eigenvalue weighted by Gasteiger charge is 2.38. The minimum atomic E-state index is -0.256. The molecule has 1 atom stereocenters. The van der Waals surface area contributed by atoms with Gasteiger partial charge in [-0.25, -0.2) is 9.59 Å². The summed E-state index contributed by atoms with van der Waals surface area (Å²) in [5, 5.41) is 2.85. The first-order valence-corrected chi connectivity index (χ1v) is 5.57. The fourth-order valence-electron chi connectivity index (χ4n) is 2.01. The van der Waals surface area contributed by atoms with Crippen molar-refractivity contribution >= 4 is 12.1 Å². The highest BCUT2D eigenvalue weighted by Crippen LogP contribution is 2.17. The molecule has 0 aliphatic carbocycles. The lowest BCUT2D eigenvalue weighted by molar-refractivity contribution is 0.126. The van der Waals surface area contributed by atoms with Gasteiger partial charge in [0.1, 0.15) is 6.61 Å². The SMILES string of the molecule is CC(C)NC(=O)N1CCN2C(=O)OC[C@@H]2C1. The Hall–Kier alpha value is -1.46. The molecule has 2 rings (SSSR count). The average molecular weight is 227 g/mol. The summed E-state index contributed by atoms with van der Waals surface area (Å²) >= 11 is 0. The molecule has 3 amide bonds. The van der Waals surface area contributed by atoms with Crippen LogP contribution in [0.1, 0.15) is 13.8 Å². The predicted molar refractivity (Wildman–Crippen MR) is 57.1 cm³/mol. The first kappa shape index (κ1) is 11.0. The lowest BCUT2D eigenvalue weighted by atomic mass is 10.2. The van der Waals surface area contributed by atoms with E-state index in [-0.39, 0.29) is 24.2 Å². The number of nitrogens with zero attached hydrogens (tertiary/aromatic N) is 2. The van der Waals surface area contributed by atoms with Gasteiger partial charge < -0.3 is 15.0 Å². The van der Waals surface area contributed by atoms with E-state index >= 15 is 0 Å². The van der Waals surface area contributed by atoms with Crippen LogP contribution in [-0.4, -0.2) is 60.2 Å². The van der Waals surface area contributed by atoms with E-state index in [0.29, 0.717) is 26.2 Å². The number of carbonyl (C=O) groups excluding carboxylic acids is 2. The van der Waals surface area contributed by atoms with Gasteiger partial charge in [0.15, 0.2) is 0 Å². The summed E-state index contributed by atoms with van der Waals surface area (Å²) < 4.78 is 4.94. The molecule has 2 aliphatic heterocycles. The van der Waals surface area contributed by atoms with E-state index in [1.807, 2.05) is 13.8 Å². The maximum atomic E-state index is 11.7. The molecular formula is C10H17N3O3. The second-order valence-corrected chi connectivity index (χ2v) is 4.47. The van der Waals surface area contributed by atoms with Crippen molar-refractivity contribution in [1.82, 2.24) is 15.1 Å². The Morgan fingerprint density at radius 3 is 2.94 bits per heavy atom. The third-order valence-electron chi connectivity index (χ3n) is 2.82. The Kier molecular flexibility index (Phi) is 2.89. The molecule has 2 aliphatic rings. The fraction of sp³-hybridized carbons (Fsp3) is 0.800. The van der Waals surface area contributed by atoms with Crippen LogP contribution >= 0.6 is 0 Å². The lowest BCUT2D eigenvalue weighted by Gasteiger charge is -2.35. The number of fused-ring (bicyclic) bond motifs is 1. The number of rotatable bonds is 1. The van der Waals surface area contributed by atoms with Gasteiger partial charge in [-0.15, -0.1) is 0 Å². The molecule has 0 aromatic rings. The molecule has 0 aromatic carbocycles. The Balaban J connectivity index is 1.91. The van der Waals surface area contributed by atoms with Crippen molar-refractivity contribution in [3.63, 3.8) is 0 Å². The maximum Gasteiger partial charge on any atom is 0.410 e. The Labute approximate surface area is 94.5 Å². The van der Waals surface area contributed by atoms with Crippen LogP contribution in [0.2, 0.25) is 0 Å². The quantitative estimate of drug-likeness (QED) is 0.698. The molecule has 1 N–H and O–H groups in total.